The lowest BCUT2D eigenvalue weighted by Gasteiger charge is -2.26. The van der Waals surface area contributed by atoms with E-state index in [1.165, 1.54) is 12.1 Å². The molecule has 1 heterocycles. The minimum atomic E-state index is -0.106. The second kappa shape index (κ2) is 6.13. The van der Waals surface area contributed by atoms with Gasteiger partial charge in [-0.3, -0.25) is 0 Å². The summed E-state index contributed by atoms with van der Waals surface area (Å²) in [5, 5.41) is 3.23. The molecule has 0 aliphatic carbocycles. The number of benzene rings is 1. The Morgan fingerprint density at radius 3 is 2.55 bits per heavy atom. The van der Waals surface area contributed by atoms with Crippen LogP contribution >= 0.6 is 0 Å². The fourth-order valence-electron chi connectivity index (χ4n) is 3.01. The molecule has 1 aromatic rings. The number of hydrogen-bond acceptors (Lipinski definition) is 2. The topological polar surface area (TPSA) is 15.3 Å². The highest BCUT2D eigenvalue weighted by atomic mass is 19.1. The lowest BCUT2D eigenvalue weighted by molar-refractivity contribution is 0.422. The van der Waals surface area contributed by atoms with E-state index in [0.717, 1.165) is 30.1 Å². The van der Waals surface area contributed by atoms with Gasteiger partial charge in [-0.25, -0.2) is 4.39 Å². The molecule has 2 rings (SSSR count). The van der Waals surface area contributed by atoms with Crippen molar-refractivity contribution in [2.24, 2.45) is 11.8 Å². The van der Waals surface area contributed by atoms with Crippen LogP contribution in [0.2, 0.25) is 0 Å². The minimum Gasteiger partial charge on any atom is -0.371 e. The van der Waals surface area contributed by atoms with Crippen LogP contribution in [0.5, 0.6) is 0 Å². The molecule has 0 aromatic heterocycles. The van der Waals surface area contributed by atoms with Crippen LogP contribution in [0.1, 0.15) is 44.4 Å². The number of hydrogen-bond donors (Lipinski definition) is 1. The van der Waals surface area contributed by atoms with Crippen LogP contribution in [0, 0.1) is 24.6 Å². The van der Waals surface area contributed by atoms with Gasteiger partial charge in [0.2, 0.25) is 0 Å². The summed E-state index contributed by atoms with van der Waals surface area (Å²) in [6.07, 6.45) is 1.24. The van der Waals surface area contributed by atoms with Gasteiger partial charge in [0.15, 0.2) is 0 Å². The summed E-state index contributed by atoms with van der Waals surface area (Å²) < 4.78 is 13.9. The van der Waals surface area contributed by atoms with Crippen LogP contribution in [0.4, 0.5) is 10.1 Å². The number of aryl methyl sites for hydroxylation is 1. The molecule has 0 amide bonds. The van der Waals surface area contributed by atoms with Gasteiger partial charge in [-0.2, -0.15) is 0 Å². The summed E-state index contributed by atoms with van der Waals surface area (Å²) in [6.45, 7) is 10.7. The smallest absolute Gasteiger partial charge is 0.126 e. The van der Waals surface area contributed by atoms with Gasteiger partial charge in [-0.05, 0) is 62.4 Å². The largest absolute Gasteiger partial charge is 0.371 e. The van der Waals surface area contributed by atoms with E-state index in [1.807, 2.05) is 20.0 Å². The maximum Gasteiger partial charge on any atom is 0.126 e. The molecule has 1 aliphatic heterocycles. The number of halogens is 1. The zero-order valence-electron chi connectivity index (χ0n) is 13.3. The van der Waals surface area contributed by atoms with E-state index < -0.39 is 0 Å². The molecule has 0 spiro atoms. The van der Waals surface area contributed by atoms with E-state index in [4.69, 9.17) is 0 Å². The van der Waals surface area contributed by atoms with Gasteiger partial charge in [0.1, 0.15) is 5.82 Å². The lowest BCUT2D eigenvalue weighted by atomic mass is 9.95. The van der Waals surface area contributed by atoms with Crippen LogP contribution < -0.4 is 10.2 Å². The molecule has 1 N–H and O–H groups in total. The molecule has 1 fully saturated rings. The highest BCUT2D eigenvalue weighted by Crippen LogP contribution is 2.34. The fraction of sp³-hybridized carbons (Fsp3) is 0.647. The molecule has 2 atom stereocenters. The first kappa shape index (κ1) is 15.3. The van der Waals surface area contributed by atoms with E-state index >= 15 is 0 Å². The average molecular weight is 278 g/mol. The van der Waals surface area contributed by atoms with Crippen molar-refractivity contribution in [1.29, 1.82) is 0 Å². The molecule has 3 heteroatoms. The first-order chi connectivity index (χ1) is 9.43. The molecule has 2 unspecified atom stereocenters. The van der Waals surface area contributed by atoms with Crippen LogP contribution in [0.3, 0.4) is 0 Å². The summed E-state index contributed by atoms with van der Waals surface area (Å²) in [5.41, 5.74) is 3.01. The zero-order valence-corrected chi connectivity index (χ0v) is 13.3. The predicted octanol–water partition coefficient (Wildman–Crippen LogP) is 3.90. The maximum atomic E-state index is 13.9. The van der Waals surface area contributed by atoms with Crippen molar-refractivity contribution in [3.8, 4) is 0 Å². The van der Waals surface area contributed by atoms with Crippen LogP contribution in [0.15, 0.2) is 12.1 Å². The van der Waals surface area contributed by atoms with Gasteiger partial charge in [0, 0.05) is 24.8 Å². The normalized spacial score (nSPS) is 20.8. The molecule has 112 valence electrons. The molecular formula is C17H27FN2. The summed E-state index contributed by atoms with van der Waals surface area (Å²) in [4.78, 5) is 2.43. The quantitative estimate of drug-likeness (QED) is 0.898. The van der Waals surface area contributed by atoms with Crippen molar-refractivity contribution in [3.63, 3.8) is 0 Å². The molecule has 1 aliphatic rings. The number of rotatable bonds is 4. The number of nitrogens with zero attached hydrogens (tertiary/aromatic N) is 1. The second-order valence-corrected chi connectivity index (χ2v) is 6.41. The van der Waals surface area contributed by atoms with Gasteiger partial charge in [-0.1, -0.05) is 13.8 Å². The minimum absolute atomic E-state index is 0.106. The Morgan fingerprint density at radius 2 is 2.00 bits per heavy atom. The average Bonchev–Trinajstić information content (AvgIpc) is 2.90. The fourth-order valence-corrected chi connectivity index (χ4v) is 3.01. The zero-order chi connectivity index (χ0) is 14.9. The van der Waals surface area contributed by atoms with Crippen LogP contribution in [-0.4, -0.2) is 20.1 Å². The van der Waals surface area contributed by atoms with Crippen molar-refractivity contribution >= 4 is 5.69 Å². The molecule has 2 nitrogen and oxygen atoms in total. The number of anilines is 1. The maximum absolute atomic E-state index is 13.9. The Bertz CT molecular complexity index is 470. The van der Waals surface area contributed by atoms with Crippen molar-refractivity contribution in [2.45, 2.75) is 40.2 Å². The first-order valence-electron chi connectivity index (χ1n) is 7.66. The molecule has 0 saturated carbocycles. The SMILES string of the molecule is CNC(C)c1cc(F)c(C)cc1N1CCC(C(C)C)C1. The summed E-state index contributed by atoms with van der Waals surface area (Å²) in [6, 6.07) is 3.88. The first-order valence-corrected chi connectivity index (χ1v) is 7.66. The van der Waals surface area contributed by atoms with Gasteiger partial charge < -0.3 is 10.2 Å². The van der Waals surface area contributed by atoms with Gasteiger partial charge >= 0.3 is 0 Å². The molecule has 1 aromatic carbocycles. The Hall–Kier alpha value is -1.09. The van der Waals surface area contributed by atoms with E-state index in [-0.39, 0.29) is 11.9 Å². The van der Waals surface area contributed by atoms with Crippen molar-refractivity contribution in [1.82, 2.24) is 5.32 Å². The Labute approximate surface area is 122 Å². The Kier molecular flexibility index (Phi) is 4.69. The van der Waals surface area contributed by atoms with Crippen molar-refractivity contribution in [2.75, 3.05) is 25.0 Å². The summed E-state index contributed by atoms with van der Waals surface area (Å²) in [5.74, 6) is 1.36. The Morgan fingerprint density at radius 1 is 1.30 bits per heavy atom. The third-order valence-corrected chi connectivity index (χ3v) is 4.72. The van der Waals surface area contributed by atoms with Gasteiger partial charge in [-0.15, -0.1) is 0 Å². The molecule has 1 saturated heterocycles. The van der Waals surface area contributed by atoms with E-state index in [2.05, 4.69) is 31.0 Å². The third-order valence-electron chi connectivity index (χ3n) is 4.72. The third kappa shape index (κ3) is 2.98. The van der Waals surface area contributed by atoms with E-state index in [9.17, 15) is 4.39 Å². The molecule has 0 radical (unpaired) electrons. The van der Waals surface area contributed by atoms with Crippen molar-refractivity contribution < 1.29 is 4.39 Å². The van der Waals surface area contributed by atoms with Gasteiger partial charge in [0.05, 0.1) is 0 Å². The van der Waals surface area contributed by atoms with E-state index in [1.54, 1.807) is 6.07 Å². The van der Waals surface area contributed by atoms with Crippen molar-refractivity contribution in [3.05, 3.63) is 29.1 Å². The van der Waals surface area contributed by atoms with Crippen LogP contribution in [-0.2, 0) is 0 Å². The second-order valence-electron chi connectivity index (χ2n) is 6.41. The standard InChI is InChI=1S/C17H27FN2/c1-11(2)14-6-7-20(10-14)17-8-12(3)16(18)9-15(17)13(4)19-5/h8-9,11,13-14,19H,6-7,10H2,1-5H3. The summed E-state index contributed by atoms with van der Waals surface area (Å²) >= 11 is 0. The predicted molar refractivity (Wildman–Crippen MR) is 83.8 cm³/mol. The molecule has 20 heavy (non-hydrogen) atoms. The Balaban J connectivity index is 2.33. The monoisotopic (exact) mass is 278 g/mol. The highest BCUT2D eigenvalue weighted by molar-refractivity contribution is 5.57. The highest BCUT2D eigenvalue weighted by Gasteiger charge is 2.27. The lowest BCUT2D eigenvalue weighted by Crippen LogP contribution is -2.25. The molecule has 0 bridgehead atoms. The molecular weight excluding hydrogens is 251 g/mol. The summed E-state index contributed by atoms with van der Waals surface area (Å²) in [7, 11) is 1.92. The number of nitrogens with one attached hydrogen (secondary N) is 1. The van der Waals surface area contributed by atoms with Gasteiger partial charge in [0.25, 0.3) is 0 Å². The van der Waals surface area contributed by atoms with E-state index in [0.29, 0.717) is 5.92 Å². The van der Waals surface area contributed by atoms with Crippen LogP contribution in [0.25, 0.3) is 0 Å².